The van der Waals surface area contributed by atoms with Crippen molar-refractivity contribution in [3.05, 3.63) is 30.0 Å². The minimum absolute atomic E-state index is 0.217. The number of carbonyl (C=O) groups is 1. The van der Waals surface area contributed by atoms with Crippen molar-refractivity contribution < 1.29 is 9.90 Å². The predicted molar refractivity (Wildman–Crippen MR) is 49.7 cm³/mol. The van der Waals surface area contributed by atoms with Crippen LogP contribution in [0.3, 0.4) is 0 Å². The van der Waals surface area contributed by atoms with Crippen molar-refractivity contribution in [1.29, 1.82) is 0 Å². The summed E-state index contributed by atoms with van der Waals surface area (Å²) in [5.74, 6) is 0.217. The quantitative estimate of drug-likeness (QED) is 0.681. The Morgan fingerprint density at radius 3 is 3.08 bits per heavy atom. The van der Waals surface area contributed by atoms with Crippen LogP contribution in [0.15, 0.2) is 24.4 Å². The maximum Gasteiger partial charge on any atom is 0.139 e. The fourth-order valence-corrected chi connectivity index (χ4v) is 1.46. The average molecular weight is 175 g/mol. The minimum Gasteiger partial charge on any atom is -0.506 e. The molecule has 0 saturated heterocycles. The van der Waals surface area contributed by atoms with Gasteiger partial charge in [0.05, 0.1) is 5.52 Å². The van der Waals surface area contributed by atoms with E-state index in [2.05, 4.69) is 4.98 Å². The van der Waals surface area contributed by atoms with Crippen molar-refractivity contribution in [1.82, 2.24) is 4.98 Å². The molecular formula is C10H9NO2. The Balaban J connectivity index is 2.67. The minimum atomic E-state index is 0.217. The van der Waals surface area contributed by atoms with Crippen molar-refractivity contribution in [2.45, 2.75) is 6.42 Å². The summed E-state index contributed by atoms with van der Waals surface area (Å²) in [5, 5.41) is 10.3. The molecule has 0 aliphatic heterocycles. The van der Waals surface area contributed by atoms with Gasteiger partial charge in [0.1, 0.15) is 12.0 Å². The van der Waals surface area contributed by atoms with E-state index < -0.39 is 0 Å². The first-order valence-corrected chi connectivity index (χ1v) is 4.04. The van der Waals surface area contributed by atoms with E-state index in [4.69, 9.17) is 0 Å². The fourth-order valence-electron chi connectivity index (χ4n) is 1.46. The Bertz CT molecular complexity index is 445. The zero-order valence-electron chi connectivity index (χ0n) is 6.95. The molecule has 2 N–H and O–H groups in total. The van der Waals surface area contributed by atoms with Crippen molar-refractivity contribution in [3.63, 3.8) is 0 Å². The smallest absolute Gasteiger partial charge is 0.139 e. The first kappa shape index (κ1) is 7.86. The summed E-state index contributed by atoms with van der Waals surface area (Å²) in [6.45, 7) is 0. The highest BCUT2D eigenvalue weighted by molar-refractivity contribution is 5.89. The molecule has 1 aromatic carbocycles. The number of aromatic hydroxyl groups is 1. The number of aromatic amines is 1. The monoisotopic (exact) mass is 175 g/mol. The van der Waals surface area contributed by atoms with E-state index in [0.717, 1.165) is 17.2 Å². The zero-order valence-corrected chi connectivity index (χ0v) is 6.95. The summed E-state index contributed by atoms with van der Waals surface area (Å²) in [4.78, 5) is 13.3. The number of hydrogen-bond acceptors (Lipinski definition) is 2. The molecule has 2 rings (SSSR count). The number of phenolic OH excluding ortho intramolecular Hbond substituents is 1. The summed E-state index contributed by atoms with van der Waals surface area (Å²) >= 11 is 0. The molecule has 3 nitrogen and oxygen atoms in total. The summed E-state index contributed by atoms with van der Waals surface area (Å²) in [5.41, 5.74) is 1.61. The number of benzene rings is 1. The molecule has 3 heteroatoms. The molecule has 0 amide bonds. The van der Waals surface area contributed by atoms with E-state index in [9.17, 15) is 9.90 Å². The van der Waals surface area contributed by atoms with Gasteiger partial charge < -0.3 is 14.9 Å². The normalized spacial score (nSPS) is 10.5. The van der Waals surface area contributed by atoms with Gasteiger partial charge in [0.2, 0.25) is 0 Å². The van der Waals surface area contributed by atoms with Gasteiger partial charge in [-0.25, -0.2) is 0 Å². The maximum atomic E-state index is 10.3. The van der Waals surface area contributed by atoms with Crippen molar-refractivity contribution in [2.75, 3.05) is 0 Å². The van der Waals surface area contributed by atoms with E-state index in [-0.39, 0.29) is 5.75 Å². The number of carbonyl (C=O) groups excluding carboxylic acids is 1. The molecule has 1 heterocycles. The molecule has 0 radical (unpaired) electrons. The van der Waals surface area contributed by atoms with Crippen LogP contribution in [0.5, 0.6) is 5.75 Å². The largest absolute Gasteiger partial charge is 0.506 e. The number of nitrogens with one attached hydrogen (secondary N) is 1. The Morgan fingerprint density at radius 2 is 2.31 bits per heavy atom. The van der Waals surface area contributed by atoms with Gasteiger partial charge >= 0.3 is 0 Å². The van der Waals surface area contributed by atoms with Crippen molar-refractivity contribution in [2.24, 2.45) is 0 Å². The van der Waals surface area contributed by atoms with Crippen LogP contribution in [0.2, 0.25) is 0 Å². The molecule has 0 atom stereocenters. The number of rotatable bonds is 2. The van der Waals surface area contributed by atoms with Crippen LogP contribution in [0.25, 0.3) is 10.9 Å². The molecule has 2 aromatic rings. The van der Waals surface area contributed by atoms with Crippen molar-refractivity contribution in [3.8, 4) is 5.75 Å². The third-order valence-corrected chi connectivity index (χ3v) is 2.08. The Morgan fingerprint density at radius 1 is 1.46 bits per heavy atom. The third kappa shape index (κ3) is 1.18. The van der Waals surface area contributed by atoms with Gasteiger partial charge in [-0.1, -0.05) is 12.1 Å². The molecule has 0 aliphatic carbocycles. The summed E-state index contributed by atoms with van der Waals surface area (Å²) in [6.07, 6.45) is 2.98. The van der Waals surface area contributed by atoms with E-state index in [0.29, 0.717) is 11.9 Å². The summed E-state index contributed by atoms with van der Waals surface area (Å²) in [6, 6.07) is 5.26. The number of aromatic nitrogens is 1. The fraction of sp³-hybridized carbons (Fsp3) is 0.100. The average Bonchev–Trinajstić information content (AvgIpc) is 2.51. The van der Waals surface area contributed by atoms with Crippen molar-refractivity contribution >= 4 is 17.2 Å². The molecular weight excluding hydrogens is 166 g/mol. The Labute approximate surface area is 75.0 Å². The van der Waals surface area contributed by atoms with E-state index >= 15 is 0 Å². The topological polar surface area (TPSA) is 53.1 Å². The van der Waals surface area contributed by atoms with Crippen LogP contribution in [-0.2, 0) is 11.2 Å². The second-order valence-electron chi connectivity index (χ2n) is 2.88. The maximum absolute atomic E-state index is 10.3. The molecule has 0 saturated carbocycles. The van der Waals surface area contributed by atoms with Crippen LogP contribution in [0.4, 0.5) is 0 Å². The lowest BCUT2D eigenvalue weighted by Crippen LogP contribution is -1.81. The molecule has 0 aliphatic rings. The SMILES string of the molecule is O=CCc1c[nH]c2c(O)cccc12. The lowest BCUT2D eigenvalue weighted by atomic mass is 10.1. The Kier molecular flexibility index (Phi) is 1.77. The number of para-hydroxylation sites is 1. The van der Waals surface area contributed by atoms with Gasteiger partial charge in [0.15, 0.2) is 0 Å². The van der Waals surface area contributed by atoms with Crippen LogP contribution < -0.4 is 0 Å². The van der Waals surface area contributed by atoms with Gasteiger partial charge in [0.25, 0.3) is 0 Å². The van der Waals surface area contributed by atoms with E-state index in [1.54, 1.807) is 18.3 Å². The van der Waals surface area contributed by atoms with E-state index in [1.807, 2.05) is 6.07 Å². The standard InChI is InChI=1S/C10H9NO2/c12-5-4-7-6-11-10-8(7)2-1-3-9(10)13/h1-3,5-6,11,13H,4H2. The van der Waals surface area contributed by atoms with Gasteiger partial charge in [-0.2, -0.15) is 0 Å². The highest BCUT2D eigenvalue weighted by Crippen LogP contribution is 2.25. The zero-order chi connectivity index (χ0) is 9.26. The molecule has 0 spiro atoms. The van der Waals surface area contributed by atoms with Crippen LogP contribution >= 0.6 is 0 Å². The van der Waals surface area contributed by atoms with Crippen LogP contribution in [-0.4, -0.2) is 16.4 Å². The summed E-state index contributed by atoms with van der Waals surface area (Å²) in [7, 11) is 0. The second-order valence-corrected chi connectivity index (χ2v) is 2.88. The highest BCUT2D eigenvalue weighted by atomic mass is 16.3. The molecule has 0 fully saturated rings. The number of phenols is 1. The first-order valence-electron chi connectivity index (χ1n) is 4.04. The van der Waals surface area contributed by atoms with Gasteiger partial charge in [-0.15, -0.1) is 0 Å². The third-order valence-electron chi connectivity index (χ3n) is 2.08. The van der Waals surface area contributed by atoms with Gasteiger partial charge in [0, 0.05) is 18.0 Å². The molecule has 1 aromatic heterocycles. The lowest BCUT2D eigenvalue weighted by molar-refractivity contribution is -0.107. The Hall–Kier alpha value is -1.77. The second kappa shape index (κ2) is 2.94. The number of hydrogen-bond donors (Lipinski definition) is 2. The number of aldehydes is 1. The van der Waals surface area contributed by atoms with Crippen LogP contribution in [0.1, 0.15) is 5.56 Å². The number of H-pyrrole nitrogens is 1. The van der Waals surface area contributed by atoms with Gasteiger partial charge in [-0.3, -0.25) is 0 Å². The molecule has 66 valence electrons. The summed E-state index contributed by atoms with van der Waals surface area (Å²) < 4.78 is 0. The predicted octanol–water partition coefficient (Wildman–Crippen LogP) is 1.61. The van der Waals surface area contributed by atoms with Gasteiger partial charge in [-0.05, 0) is 11.6 Å². The molecule has 0 bridgehead atoms. The lowest BCUT2D eigenvalue weighted by Gasteiger charge is -1.94. The number of fused-ring (bicyclic) bond motifs is 1. The molecule has 13 heavy (non-hydrogen) atoms. The highest BCUT2D eigenvalue weighted by Gasteiger charge is 2.05. The first-order chi connectivity index (χ1) is 6.33. The van der Waals surface area contributed by atoms with E-state index in [1.165, 1.54) is 0 Å². The van der Waals surface area contributed by atoms with Crippen LogP contribution in [0, 0.1) is 0 Å². The molecule has 0 unspecified atom stereocenters.